The van der Waals surface area contributed by atoms with Crippen molar-refractivity contribution in [2.75, 3.05) is 0 Å². The van der Waals surface area contributed by atoms with Crippen molar-refractivity contribution in [2.24, 2.45) is 0 Å². The summed E-state index contributed by atoms with van der Waals surface area (Å²) in [4.78, 5) is 29.9. The summed E-state index contributed by atoms with van der Waals surface area (Å²) in [7, 11) is 0. The van der Waals surface area contributed by atoms with Crippen LogP contribution in [-0.2, 0) is 0 Å². The fourth-order valence-electron chi connectivity index (χ4n) is 1.81. The third-order valence-electron chi connectivity index (χ3n) is 2.65. The molecule has 0 unspecified atom stereocenters. The zero-order valence-corrected chi connectivity index (χ0v) is 9.86. The molecule has 0 atom stereocenters. The second kappa shape index (κ2) is 3.80. The van der Waals surface area contributed by atoms with Crippen LogP contribution in [0.1, 0.15) is 5.56 Å². The average Bonchev–Trinajstić information content (AvgIpc) is 2.68. The Morgan fingerprint density at radius 2 is 2.11 bits per heavy atom. The summed E-state index contributed by atoms with van der Waals surface area (Å²) in [6.07, 6.45) is 0. The van der Waals surface area contributed by atoms with Crippen LogP contribution in [0.3, 0.4) is 0 Å². The van der Waals surface area contributed by atoms with Gasteiger partial charge in [-0.15, -0.1) is 9.90 Å². The number of benzene rings is 1. The molecule has 0 saturated heterocycles. The highest BCUT2D eigenvalue weighted by Crippen LogP contribution is 2.14. The van der Waals surface area contributed by atoms with Gasteiger partial charge in [0.2, 0.25) is 5.82 Å². The second-order valence-corrected chi connectivity index (χ2v) is 4.06. The van der Waals surface area contributed by atoms with Crippen molar-refractivity contribution in [3.63, 3.8) is 0 Å². The predicted molar refractivity (Wildman–Crippen MR) is 64.8 cm³/mol. The minimum absolute atomic E-state index is 0.108. The van der Waals surface area contributed by atoms with Gasteiger partial charge in [-0.25, -0.2) is 4.79 Å². The lowest BCUT2D eigenvalue weighted by atomic mass is 10.2. The minimum Gasteiger partial charge on any atom is -0.410 e. The Hall–Kier alpha value is -2.90. The van der Waals surface area contributed by atoms with Crippen LogP contribution in [0.4, 0.5) is 0 Å². The first kappa shape index (κ1) is 11.2. The molecule has 0 fully saturated rings. The number of aromatic amines is 1. The molecule has 1 aromatic carbocycles. The van der Waals surface area contributed by atoms with E-state index in [1.165, 1.54) is 0 Å². The molecule has 19 heavy (non-hydrogen) atoms. The van der Waals surface area contributed by atoms with Crippen LogP contribution < -0.4 is 11.2 Å². The standard InChI is InChI=1S/C11H9N5O3/c1-6-3-2-4-7(5-6)15-14-8-9(16(15)19)12-11(18)13-10(8)17/h2-5,19H,1H3,(H,13,17,18). The van der Waals surface area contributed by atoms with Gasteiger partial charge < -0.3 is 5.21 Å². The first-order valence-corrected chi connectivity index (χ1v) is 5.45. The van der Waals surface area contributed by atoms with E-state index in [4.69, 9.17) is 0 Å². The van der Waals surface area contributed by atoms with Gasteiger partial charge in [0.15, 0.2) is 5.69 Å². The van der Waals surface area contributed by atoms with Crippen molar-refractivity contribution in [1.82, 2.24) is 24.7 Å². The summed E-state index contributed by atoms with van der Waals surface area (Å²) in [5.74, 6) is -0.185. The Bertz CT molecular complexity index is 844. The smallest absolute Gasteiger partial charge is 0.350 e. The van der Waals surface area contributed by atoms with E-state index in [2.05, 4.69) is 10.1 Å². The van der Waals surface area contributed by atoms with Gasteiger partial charge in [0, 0.05) is 0 Å². The summed E-state index contributed by atoms with van der Waals surface area (Å²) in [6.45, 7) is 1.88. The van der Waals surface area contributed by atoms with Crippen LogP contribution in [0.2, 0.25) is 0 Å². The van der Waals surface area contributed by atoms with Crippen molar-refractivity contribution in [3.8, 4) is 17.2 Å². The maximum Gasteiger partial charge on any atom is 0.350 e. The molecule has 96 valence electrons. The number of aromatic nitrogens is 5. The highest BCUT2D eigenvalue weighted by molar-refractivity contribution is 5.48. The van der Waals surface area contributed by atoms with Gasteiger partial charge in [-0.05, 0) is 24.6 Å². The Morgan fingerprint density at radius 3 is 2.84 bits per heavy atom. The van der Waals surface area contributed by atoms with Crippen LogP contribution in [0, 0.1) is 6.92 Å². The van der Waals surface area contributed by atoms with E-state index in [0.717, 1.165) is 10.4 Å². The Balaban J connectivity index is 2.35. The fraction of sp³-hybridized carbons (Fsp3) is 0.0909. The van der Waals surface area contributed by atoms with E-state index < -0.39 is 11.2 Å². The molecule has 8 heteroatoms. The number of fused-ring (bicyclic) bond motifs is 1. The van der Waals surface area contributed by atoms with Gasteiger partial charge in [0.05, 0.1) is 5.69 Å². The van der Waals surface area contributed by atoms with E-state index >= 15 is 0 Å². The minimum atomic E-state index is -0.830. The van der Waals surface area contributed by atoms with Crippen molar-refractivity contribution < 1.29 is 5.21 Å². The molecule has 0 amide bonds. The first-order valence-electron chi connectivity index (χ1n) is 5.45. The van der Waals surface area contributed by atoms with Gasteiger partial charge in [-0.2, -0.15) is 4.98 Å². The second-order valence-electron chi connectivity index (χ2n) is 4.06. The van der Waals surface area contributed by atoms with Gasteiger partial charge >= 0.3 is 5.69 Å². The van der Waals surface area contributed by atoms with Gasteiger partial charge in [-0.3, -0.25) is 9.78 Å². The molecule has 0 bridgehead atoms. The molecule has 0 aliphatic carbocycles. The molecular formula is C11H9N5O3. The fourth-order valence-corrected chi connectivity index (χ4v) is 1.81. The number of nitrogens with zero attached hydrogens (tertiary/aromatic N) is 4. The van der Waals surface area contributed by atoms with Gasteiger partial charge in [0.25, 0.3) is 5.56 Å². The summed E-state index contributed by atoms with van der Waals surface area (Å²) in [5.41, 5.74) is -0.118. The van der Waals surface area contributed by atoms with Crippen LogP contribution in [-0.4, -0.2) is 29.9 Å². The maximum atomic E-state index is 11.6. The van der Waals surface area contributed by atoms with E-state index in [0.29, 0.717) is 10.5 Å². The molecule has 0 radical (unpaired) electrons. The third-order valence-corrected chi connectivity index (χ3v) is 2.65. The number of hydrogen-bond acceptors (Lipinski definition) is 5. The zero-order valence-electron chi connectivity index (χ0n) is 9.86. The first-order chi connectivity index (χ1) is 9.06. The Labute approximate surface area is 105 Å². The highest BCUT2D eigenvalue weighted by Gasteiger charge is 2.21. The summed E-state index contributed by atoms with van der Waals surface area (Å²) < 4.78 is 0. The van der Waals surface area contributed by atoms with Gasteiger partial charge in [0.1, 0.15) is 0 Å². The third kappa shape index (κ3) is 1.69. The Kier molecular flexibility index (Phi) is 2.24. The molecule has 0 saturated carbocycles. The SMILES string of the molecule is Cc1cccc(-n2nc3c(=O)[nH]c(=O)nc-3n2O)c1. The number of aryl methyl sites for hydroxylation is 1. The molecule has 3 rings (SSSR count). The molecule has 2 aliphatic heterocycles. The average molecular weight is 259 g/mol. The van der Waals surface area contributed by atoms with E-state index in [1.54, 1.807) is 18.2 Å². The van der Waals surface area contributed by atoms with Crippen LogP contribution in [0.15, 0.2) is 33.9 Å². The van der Waals surface area contributed by atoms with Crippen molar-refractivity contribution in [1.29, 1.82) is 0 Å². The normalized spacial score (nSPS) is 11.0. The highest BCUT2D eigenvalue weighted by atomic mass is 16.5. The van der Waals surface area contributed by atoms with Gasteiger partial charge in [-0.1, -0.05) is 17.0 Å². The van der Waals surface area contributed by atoms with Crippen LogP contribution in [0.25, 0.3) is 17.2 Å². The van der Waals surface area contributed by atoms with E-state index in [9.17, 15) is 14.8 Å². The summed E-state index contributed by atoms with van der Waals surface area (Å²) >= 11 is 0. The van der Waals surface area contributed by atoms with Crippen molar-refractivity contribution >= 4 is 0 Å². The molecule has 2 N–H and O–H groups in total. The Morgan fingerprint density at radius 1 is 1.32 bits per heavy atom. The topological polar surface area (TPSA) is 106 Å². The van der Waals surface area contributed by atoms with Crippen LogP contribution >= 0.6 is 0 Å². The molecule has 0 aromatic heterocycles. The lowest BCUT2D eigenvalue weighted by Gasteiger charge is -2.04. The quantitative estimate of drug-likeness (QED) is 0.587. The summed E-state index contributed by atoms with van der Waals surface area (Å²) in [6, 6.07) is 7.14. The monoisotopic (exact) mass is 259 g/mol. The molecule has 2 heterocycles. The molecule has 8 nitrogen and oxygen atoms in total. The lowest BCUT2D eigenvalue weighted by Crippen LogP contribution is -2.25. The van der Waals surface area contributed by atoms with Crippen molar-refractivity contribution in [3.05, 3.63) is 50.7 Å². The lowest BCUT2D eigenvalue weighted by molar-refractivity contribution is 0.123. The number of H-pyrrole nitrogens is 1. The van der Waals surface area contributed by atoms with E-state index in [-0.39, 0.29) is 11.5 Å². The number of rotatable bonds is 1. The largest absolute Gasteiger partial charge is 0.410 e. The predicted octanol–water partition coefficient (Wildman–Crippen LogP) is -0.232. The zero-order chi connectivity index (χ0) is 13.6. The molecule has 1 aromatic rings. The number of hydrogen-bond donors (Lipinski definition) is 2. The number of nitrogens with one attached hydrogen (secondary N) is 1. The maximum absolute atomic E-state index is 11.6. The summed E-state index contributed by atoms with van der Waals surface area (Å²) in [5, 5.41) is 13.9. The van der Waals surface area contributed by atoms with Crippen molar-refractivity contribution in [2.45, 2.75) is 6.92 Å². The molecular weight excluding hydrogens is 250 g/mol. The molecule has 2 aliphatic rings. The van der Waals surface area contributed by atoms with E-state index in [1.807, 2.05) is 18.0 Å². The van der Waals surface area contributed by atoms with Crippen LogP contribution in [0.5, 0.6) is 0 Å². The molecule has 0 spiro atoms.